The Balaban J connectivity index is 2.05. The Hall–Kier alpha value is -3.07. The van der Waals surface area contributed by atoms with E-state index in [9.17, 15) is 18.3 Å². The second kappa shape index (κ2) is 8.12. The maximum atomic E-state index is 12.6. The van der Waals surface area contributed by atoms with Crippen molar-refractivity contribution in [3.8, 4) is 22.9 Å². The van der Waals surface area contributed by atoms with Crippen LogP contribution in [0.3, 0.4) is 0 Å². The van der Waals surface area contributed by atoms with Gasteiger partial charge in [-0.05, 0) is 36.2 Å². The second-order valence-corrected chi connectivity index (χ2v) is 6.93. The van der Waals surface area contributed by atoms with Gasteiger partial charge in [0.2, 0.25) is 0 Å². The van der Waals surface area contributed by atoms with Crippen LogP contribution in [0.2, 0.25) is 0 Å². The van der Waals surface area contributed by atoms with Crippen molar-refractivity contribution in [3.05, 3.63) is 42.5 Å². The highest BCUT2D eigenvalue weighted by molar-refractivity contribution is 5.91. The Bertz CT molecular complexity index is 1010. The van der Waals surface area contributed by atoms with Crippen LogP contribution >= 0.6 is 0 Å². The summed E-state index contributed by atoms with van der Waals surface area (Å²) in [5.74, 6) is 0.0473. The minimum Gasteiger partial charge on any atom is -0.507 e. The smallest absolute Gasteiger partial charge is 0.507 e. The minimum absolute atomic E-state index is 0.0220. The molecule has 0 bridgehead atoms. The van der Waals surface area contributed by atoms with Gasteiger partial charge >= 0.3 is 6.36 Å². The lowest BCUT2D eigenvalue weighted by atomic mass is 10.1. The van der Waals surface area contributed by atoms with Crippen molar-refractivity contribution in [2.75, 3.05) is 11.9 Å². The van der Waals surface area contributed by atoms with E-state index in [0.717, 1.165) is 23.6 Å². The van der Waals surface area contributed by atoms with E-state index in [0.29, 0.717) is 17.9 Å². The fraction of sp³-hybridized carbons (Fsp3) is 0.300. The molecule has 6 nitrogen and oxygen atoms in total. The van der Waals surface area contributed by atoms with E-state index in [2.05, 4.69) is 20.0 Å². The molecule has 0 aliphatic heterocycles. The highest BCUT2D eigenvalue weighted by Crippen LogP contribution is 2.34. The highest BCUT2D eigenvalue weighted by atomic mass is 19.4. The Kier molecular flexibility index (Phi) is 5.78. The van der Waals surface area contributed by atoms with E-state index in [1.54, 1.807) is 12.1 Å². The number of halogens is 3. The number of anilines is 1. The molecule has 2 aromatic carbocycles. The summed E-state index contributed by atoms with van der Waals surface area (Å²) in [4.78, 5) is 8.81. The molecule has 0 spiro atoms. The number of hydrogen-bond acceptors (Lipinski definition) is 6. The second-order valence-electron chi connectivity index (χ2n) is 6.93. The fourth-order valence-corrected chi connectivity index (χ4v) is 2.67. The van der Waals surface area contributed by atoms with Gasteiger partial charge in [0, 0.05) is 18.0 Å². The van der Waals surface area contributed by atoms with Gasteiger partial charge in [-0.3, -0.25) is 0 Å². The number of ether oxygens (including phenoxy) is 1. The monoisotopic (exact) mass is 406 g/mol. The summed E-state index contributed by atoms with van der Waals surface area (Å²) in [6, 6.07) is 10.2. The molecule has 3 rings (SSSR count). The molecule has 154 valence electrons. The maximum Gasteiger partial charge on any atom is 0.573 e. The van der Waals surface area contributed by atoms with Crippen LogP contribution in [0.4, 0.5) is 19.0 Å². The Morgan fingerprint density at radius 1 is 1.14 bits per heavy atom. The first-order valence-electron chi connectivity index (χ1n) is 8.99. The van der Waals surface area contributed by atoms with Gasteiger partial charge in [-0.2, -0.15) is 0 Å². The Morgan fingerprint density at radius 2 is 1.86 bits per heavy atom. The Labute approximate surface area is 165 Å². The predicted molar refractivity (Wildman–Crippen MR) is 105 cm³/mol. The number of para-hydroxylation sites is 1. The zero-order valence-electron chi connectivity index (χ0n) is 15.9. The molecule has 29 heavy (non-hydrogen) atoms. The maximum absolute atomic E-state index is 12.6. The predicted octanol–water partition coefficient (Wildman–Crippen LogP) is 4.30. The summed E-state index contributed by atoms with van der Waals surface area (Å²) in [7, 11) is 0. The topological polar surface area (TPSA) is 93.3 Å². The van der Waals surface area contributed by atoms with E-state index in [1.165, 1.54) is 0 Å². The molecule has 1 heterocycles. The molecule has 1 atom stereocenters. The van der Waals surface area contributed by atoms with E-state index in [1.807, 2.05) is 26.0 Å². The summed E-state index contributed by atoms with van der Waals surface area (Å²) in [5, 5.41) is 14.1. The summed E-state index contributed by atoms with van der Waals surface area (Å²) in [6.07, 6.45) is -4.85. The molecule has 3 aromatic rings. The largest absolute Gasteiger partial charge is 0.573 e. The van der Waals surface area contributed by atoms with Crippen LogP contribution in [0.15, 0.2) is 42.5 Å². The molecule has 0 saturated carbocycles. The van der Waals surface area contributed by atoms with E-state index in [-0.39, 0.29) is 29.1 Å². The van der Waals surface area contributed by atoms with Crippen molar-refractivity contribution in [2.45, 2.75) is 26.3 Å². The van der Waals surface area contributed by atoms with E-state index in [4.69, 9.17) is 5.73 Å². The summed E-state index contributed by atoms with van der Waals surface area (Å²) >= 11 is 0. The first-order chi connectivity index (χ1) is 13.6. The number of nitrogens with one attached hydrogen (secondary N) is 1. The SMILES string of the molecule is CC(C)[C@@H](N)CNc1nc(-c2cc(OC(F)(F)F)ccc2O)nc2ccccc12. The van der Waals surface area contributed by atoms with Crippen LogP contribution in [0.25, 0.3) is 22.3 Å². The molecule has 1 aromatic heterocycles. The van der Waals surface area contributed by atoms with Crippen LogP contribution in [-0.4, -0.2) is 34.0 Å². The quantitative estimate of drug-likeness (QED) is 0.565. The fourth-order valence-electron chi connectivity index (χ4n) is 2.67. The molecular weight excluding hydrogens is 385 g/mol. The normalized spacial score (nSPS) is 12.9. The zero-order chi connectivity index (χ0) is 21.2. The summed E-state index contributed by atoms with van der Waals surface area (Å²) < 4.78 is 41.6. The van der Waals surface area contributed by atoms with Crippen LogP contribution in [0.1, 0.15) is 13.8 Å². The number of phenolic OH excluding ortho intramolecular Hbond substituents is 1. The van der Waals surface area contributed by atoms with Crippen LogP contribution in [-0.2, 0) is 0 Å². The van der Waals surface area contributed by atoms with Crippen molar-refractivity contribution < 1.29 is 23.0 Å². The van der Waals surface area contributed by atoms with Gasteiger partial charge in [0.05, 0.1) is 11.1 Å². The van der Waals surface area contributed by atoms with Crippen molar-refractivity contribution in [1.82, 2.24) is 9.97 Å². The molecule has 0 radical (unpaired) electrons. The van der Waals surface area contributed by atoms with Crippen molar-refractivity contribution >= 4 is 16.7 Å². The standard InChI is InChI=1S/C20H21F3N4O2/c1-11(2)15(24)10-25-18-13-5-3-4-6-16(13)26-19(27-18)14-9-12(7-8-17(14)28)29-20(21,22)23/h3-9,11,15,28H,10,24H2,1-2H3,(H,25,26,27)/t15-/m0/s1. The number of alkyl halides is 3. The molecular formula is C20H21F3N4O2. The lowest BCUT2D eigenvalue weighted by Gasteiger charge is -2.18. The molecule has 0 aliphatic rings. The van der Waals surface area contributed by atoms with Crippen LogP contribution < -0.4 is 15.8 Å². The van der Waals surface area contributed by atoms with Gasteiger partial charge in [-0.15, -0.1) is 13.2 Å². The van der Waals surface area contributed by atoms with Crippen LogP contribution in [0, 0.1) is 5.92 Å². The van der Waals surface area contributed by atoms with E-state index < -0.39 is 12.1 Å². The van der Waals surface area contributed by atoms with Crippen molar-refractivity contribution in [3.63, 3.8) is 0 Å². The number of hydrogen-bond donors (Lipinski definition) is 3. The third-order valence-corrected chi connectivity index (χ3v) is 4.41. The first-order valence-corrected chi connectivity index (χ1v) is 8.99. The minimum atomic E-state index is -4.85. The van der Waals surface area contributed by atoms with Gasteiger partial charge < -0.3 is 20.9 Å². The molecule has 0 fully saturated rings. The third-order valence-electron chi connectivity index (χ3n) is 4.41. The van der Waals surface area contributed by atoms with Gasteiger partial charge in [-0.25, -0.2) is 9.97 Å². The molecule has 4 N–H and O–H groups in total. The third kappa shape index (κ3) is 5.05. The number of nitrogens with two attached hydrogens (primary N) is 1. The van der Waals surface area contributed by atoms with Gasteiger partial charge in [0.15, 0.2) is 5.82 Å². The Morgan fingerprint density at radius 3 is 2.55 bits per heavy atom. The van der Waals surface area contributed by atoms with Gasteiger partial charge in [0.25, 0.3) is 0 Å². The highest BCUT2D eigenvalue weighted by Gasteiger charge is 2.31. The summed E-state index contributed by atoms with van der Waals surface area (Å²) in [6.45, 7) is 4.45. The molecule has 0 aliphatic carbocycles. The number of phenols is 1. The molecule has 0 unspecified atom stereocenters. The van der Waals surface area contributed by atoms with Crippen LogP contribution in [0.5, 0.6) is 11.5 Å². The molecule has 0 amide bonds. The molecule has 9 heteroatoms. The number of nitrogens with zero attached hydrogens (tertiary/aromatic N) is 2. The van der Waals surface area contributed by atoms with Gasteiger partial charge in [-0.1, -0.05) is 26.0 Å². The number of aromatic hydroxyl groups is 1. The van der Waals surface area contributed by atoms with Crippen molar-refractivity contribution in [2.24, 2.45) is 11.7 Å². The van der Waals surface area contributed by atoms with Crippen molar-refractivity contribution in [1.29, 1.82) is 0 Å². The van der Waals surface area contributed by atoms with Gasteiger partial charge in [0.1, 0.15) is 17.3 Å². The molecule has 0 saturated heterocycles. The average Bonchev–Trinajstić information content (AvgIpc) is 2.65. The number of aromatic nitrogens is 2. The number of fused-ring (bicyclic) bond motifs is 1. The lowest BCUT2D eigenvalue weighted by Crippen LogP contribution is -2.34. The first kappa shape index (κ1) is 20.7. The average molecular weight is 406 g/mol. The summed E-state index contributed by atoms with van der Waals surface area (Å²) in [5.41, 5.74) is 6.68. The number of benzene rings is 2. The van der Waals surface area contributed by atoms with E-state index >= 15 is 0 Å². The zero-order valence-corrected chi connectivity index (χ0v) is 15.9. The number of rotatable bonds is 6. The lowest BCUT2D eigenvalue weighted by molar-refractivity contribution is -0.274.